The van der Waals surface area contributed by atoms with Crippen LogP contribution in [0.1, 0.15) is 13.8 Å². The molecule has 2 amide bonds. The molecule has 0 bridgehead atoms. The van der Waals surface area contributed by atoms with E-state index < -0.39 is 0 Å². The van der Waals surface area contributed by atoms with Gasteiger partial charge in [0.1, 0.15) is 0 Å². The van der Waals surface area contributed by atoms with Crippen LogP contribution in [0.3, 0.4) is 0 Å². The number of amides is 2. The highest BCUT2D eigenvalue weighted by Gasteiger charge is 2.26. The van der Waals surface area contributed by atoms with E-state index in [0.29, 0.717) is 31.3 Å². The standard InChI is InChI=1S/C13H18N4O2S/c1-10(20-13-14-4-3-5-15-13)12(19)17-8-6-16(7-9-17)11(2)18/h3-5,10H,6-9H2,1-2H3. The molecule has 1 aliphatic rings. The zero-order valence-electron chi connectivity index (χ0n) is 11.7. The number of rotatable bonds is 3. The average molecular weight is 294 g/mol. The molecule has 1 fully saturated rings. The van der Waals surface area contributed by atoms with E-state index in [9.17, 15) is 9.59 Å². The van der Waals surface area contributed by atoms with Gasteiger partial charge in [0, 0.05) is 45.5 Å². The lowest BCUT2D eigenvalue weighted by molar-refractivity contribution is -0.137. The Bertz CT molecular complexity index is 475. The third kappa shape index (κ3) is 3.69. The fraction of sp³-hybridized carbons (Fsp3) is 0.538. The zero-order valence-corrected chi connectivity index (χ0v) is 12.5. The molecule has 0 radical (unpaired) electrons. The fourth-order valence-corrected chi connectivity index (χ4v) is 2.86. The molecule has 0 saturated carbocycles. The van der Waals surface area contributed by atoms with E-state index in [4.69, 9.17) is 0 Å². The number of carbonyl (C=O) groups excluding carboxylic acids is 2. The van der Waals surface area contributed by atoms with Crippen LogP contribution in [0.5, 0.6) is 0 Å². The SMILES string of the molecule is CC(=O)N1CCN(C(=O)C(C)Sc2ncccn2)CC1. The maximum absolute atomic E-state index is 12.3. The van der Waals surface area contributed by atoms with Crippen LogP contribution in [-0.2, 0) is 9.59 Å². The second-order valence-corrected chi connectivity index (χ2v) is 5.93. The van der Waals surface area contributed by atoms with Crippen LogP contribution in [-0.4, -0.2) is 63.0 Å². The van der Waals surface area contributed by atoms with Gasteiger partial charge in [0.05, 0.1) is 5.25 Å². The molecule has 1 aromatic rings. The van der Waals surface area contributed by atoms with Crippen molar-refractivity contribution in [2.24, 2.45) is 0 Å². The number of carbonyl (C=O) groups is 2. The second-order valence-electron chi connectivity index (χ2n) is 4.62. The number of hydrogen-bond donors (Lipinski definition) is 0. The normalized spacial score (nSPS) is 16.9. The molecule has 2 heterocycles. The first-order valence-corrected chi connectivity index (χ1v) is 7.44. The summed E-state index contributed by atoms with van der Waals surface area (Å²) in [4.78, 5) is 35.4. The van der Waals surface area contributed by atoms with Crippen LogP contribution in [0.15, 0.2) is 23.6 Å². The van der Waals surface area contributed by atoms with Crippen LogP contribution >= 0.6 is 11.8 Å². The van der Waals surface area contributed by atoms with E-state index in [1.807, 2.05) is 6.92 Å². The minimum atomic E-state index is -0.221. The molecule has 108 valence electrons. The highest BCUT2D eigenvalue weighted by Crippen LogP contribution is 2.20. The first-order chi connectivity index (χ1) is 9.58. The number of piperazine rings is 1. The van der Waals surface area contributed by atoms with Gasteiger partial charge >= 0.3 is 0 Å². The van der Waals surface area contributed by atoms with E-state index in [-0.39, 0.29) is 17.1 Å². The Morgan fingerprint density at radius 2 is 1.70 bits per heavy atom. The molecular formula is C13H18N4O2S. The maximum Gasteiger partial charge on any atom is 0.236 e. The number of nitrogens with zero attached hydrogens (tertiary/aromatic N) is 4. The molecule has 0 aromatic carbocycles. The molecule has 7 heteroatoms. The van der Waals surface area contributed by atoms with Crippen molar-refractivity contribution in [3.8, 4) is 0 Å². The number of aromatic nitrogens is 2. The second kappa shape index (κ2) is 6.69. The largest absolute Gasteiger partial charge is 0.339 e. The van der Waals surface area contributed by atoms with Crippen molar-refractivity contribution >= 4 is 23.6 Å². The van der Waals surface area contributed by atoms with Gasteiger partial charge in [-0.3, -0.25) is 9.59 Å². The van der Waals surface area contributed by atoms with Crippen LogP contribution in [0.2, 0.25) is 0 Å². The Labute approximate surface area is 122 Å². The summed E-state index contributed by atoms with van der Waals surface area (Å²) in [6.07, 6.45) is 3.33. The molecule has 6 nitrogen and oxygen atoms in total. The van der Waals surface area contributed by atoms with Crippen molar-refractivity contribution in [2.75, 3.05) is 26.2 Å². The van der Waals surface area contributed by atoms with Crippen molar-refractivity contribution in [2.45, 2.75) is 24.3 Å². The topological polar surface area (TPSA) is 66.4 Å². The van der Waals surface area contributed by atoms with Crippen molar-refractivity contribution in [1.82, 2.24) is 19.8 Å². The molecule has 20 heavy (non-hydrogen) atoms. The maximum atomic E-state index is 12.3. The molecule has 1 saturated heterocycles. The van der Waals surface area contributed by atoms with Gasteiger partial charge in [-0.25, -0.2) is 9.97 Å². The lowest BCUT2D eigenvalue weighted by Gasteiger charge is -2.35. The van der Waals surface area contributed by atoms with Gasteiger partial charge in [-0.1, -0.05) is 11.8 Å². The van der Waals surface area contributed by atoms with Crippen molar-refractivity contribution in [3.05, 3.63) is 18.5 Å². The molecule has 1 aliphatic heterocycles. The minimum absolute atomic E-state index is 0.0669. The average Bonchev–Trinajstić information content (AvgIpc) is 2.47. The molecule has 1 unspecified atom stereocenters. The fourth-order valence-electron chi connectivity index (χ4n) is 2.05. The van der Waals surface area contributed by atoms with E-state index in [2.05, 4.69) is 9.97 Å². The summed E-state index contributed by atoms with van der Waals surface area (Å²) in [6.45, 7) is 5.84. The van der Waals surface area contributed by atoms with E-state index >= 15 is 0 Å². The van der Waals surface area contributed by atoms with E-state index in [0.717, 1.165) is 0 Å². The Balaban J connectivity index is 1.87. The van der Waals surface area contributed by atoms with Gasteiger partial charge in [-0.15, -0.1) is 0 Å². The van der Waals surface area contributed by atoms with Crippen LogP contribution in [0.4, 0.5) is 0 Å². The van der Waals surface area contributed by atoms with Gasteiger partial charge in [0.25, 0.3) is 0 Å². The van der Waals surface area contributed by atoms with Gasteiger partial charge in [0.15, 0.2) is 5.16 Å². The van der Waals surface area contributed by atoms with Crippen LogP contribution < -0.4 is 0 Å². The lowest BCUT2D eigenvalue weighted by atomic mass is 10.3. The van der Waals surface area contributed by atoms with Gasteiger partial charge < -0.3 is 9.80 Å². The summed E-state index contributed by atoms with van der Waals surface area (Å²) >= 11 is 1.36. The molecular weight excluding hydrogens is 276 g/mol. The van der Waals surface area contributed by atoms with Crippen LogP contribution in [0, 0.1) is 0 Å². The summed E-state index contributed by atoms with van der Waals surface area (Å²) in [5, 5.41) is 0.386. The predicted octanol–water partition coefficient (Wildman–Crippen LogP) is 0.648. The van der Waals surface area contributed by atoms with E-state index in [1.165, 1.54) is 11.8 Å². The van der Waals surface area contributed by atoms with Gasteiger partial charge in [-0.2, -0.15) is 0 Å². The first-order valence-electron chi connectivity index (χ1n) is 6.56. The van der Waals surface area contributed by atoms with Gasteiger partial charge in [-0.05, 0) is 13.0 Å². The lowest BCUT2D eigenvalue weighted by Crippen LogP contribution is -2.51. The Morgan fingerprint density at radius 3 is 2.25 bits per heavy atom. The molecule has 1 aromatic heterocycles. The van der Waals surface area contributed by atoms with Crippen molar-refractivity contribution < 1.29 is 9.59 Å². The smallest absolute Gasteiger partial charge is 0.236 e. The Morgan fingerprint density at radius 1 is 1.15 bits per heavy atom. The zero-order chi connectivity index (χ0) is 14.5. The summed E-state index contributed by atoms with van der Waals surface area (Å²) in [5.74, 6) is 0.142. The molecule has 0 spiro atoms. The monoisotopic (exact) mass is 294 g/mol. The summed E-state index contributed by atoms with van der Waals surface area (Å²) < 4.78 is 0. The molecule has 1 atom stereocenters. The summed E-state index contributed by atoms with van der Waals surface area (Å²) in [6, 6.07) is 1.75. The molecule has 2 rings (SSSR count). The third-order valence-electron chi connectivity index (χ3n) is 3.21. The predicted molar refractivity (Wildman–Crippen MR) is 76.2 cm³/mol. The number of thioether (sulfide) groups is 1. The summed E-state index contributed by atoms with van der Waals surface area (Å²) in [7, 11) is 0. The summed E-state index contributed by atoms with van der Waals surface area (Å²) in [5.41, 5.74) is 0. The quantitative estimate of drug-likeness (QED) is 0.605. The number of hydrogen-bond acceptors (Lipinski definition) is 5. The molecule has 0 aliphatic carbocycles. The highest BCUT2D eigenvalue weighted by molar-refractivity contribution is 8.00. The van der Waals surface area contributed by atoms with Crippen molar-refractivity contribution in [3.63, 3.8) is 0 Å². The third-order valence-corrected chi connectivity index (χ3v) is 4.19. The minimum Gasteiger partial charge on any atom is -0.339 e. The molecule has 0 N–H and O–H groups in total. The Kier molecular flexibility index (Phi) is 4.94. The Hall–Kier alpha value is -1.63. The highest BCUT2D eigenvalue weighted by atomic mass is 32.2. The van der Waals surface area contributed by atoms with Crippen LogP contribution in [0.25, 0.3) is 0 Å². The van der Waals surface area contributed by atoms with Gasteiger partial charge in [0.2, 0.25) is 11.8 Å². The first kappa shape index (κ1) is 14.8. The van der Waals surface area contributed by atoms with Crippen molar-refractivity contribution in [1.29, 1.82) is 0 Å². The van der Waals surface area contributed by atoms with E-state index in [1.54, 1.807) is 35.2 Å².